The molecule has 0 aliphatic carbocycles. The topological polar surface area (TPSA) is 65.3 Å². The summed E-state index contributed by atoms with van der Waals surface area (Å²) in [4.78, 5) is 0. The summed E-state index contributed by atoms with van der Waals surface area (Å²) in [6, 6.07) is 17.6. The van der Waals surface area contributed by atoms with E-state index in [1.54, 1.807) is 18.9 Å². The van der Waals surface area contributed by atoms with E-state index in [9.17, 15) is 8.42 Å². The number of rotatable bonds is 6. The Balaban J connectivity index is 2.02. The summed E-state index contributed by atoms with van der Waals surface area (Å²) >= 11 is 7.33. The second-order valence-electron chi connectivity index (χ2n) is 6.68. The van der Waals surface area contributed by atoms with Crippen molar-refractivity contribution < 1.29 is 8.42 Å². The maximum atomic E-state index is 12.7. The van der Waals surface area contributed by atoms with Crippen molar-refractivity contribution in [1.29, 1.82) is 0 Å². The van der Waals surface area contributed by atoms with Gasteiger partial charge in [0.1, 0.15) is 0 Å². The molecule has 0 spiro atoms. The second-order valence-corrected chi connectivity index (χ2v) is 9.48. The van der Waals surface area contributed by atoms with E-state index >= 15 is 0 Å². The van der Waals surface area contributed by atoms with Gasteiger partial charge in [-0.15, -0.1) is 4.40 Å². The van der Waals surface area contributed by atoms with Gasteiger partial charge in [-0.2, -0.15) is 17.8 Å². The molecule has 6 nitrogen and oxygen atoms in total. The molecule has 1 aliphatic heterocycles. The van der Waals surface area contributed by atoms with Crippen LogP contribution in [0.3, 0.4) is 0 Å². The molecule has 0 bridgehead atoms. The Kier molecular flexibility index (Phi) is 7.57. The molecule has 1 heterocycles. The van der Waals surface area contributed by atoms with E-state index in [0.717, 1.165) is 16.8 Å². The molecule has 0 saturated carbocycles. The molecule has 2 aromatic carbocycles. The first-order chi connectivity index (χ1) is 14.4. The summed E-state index contributed by atoms with van der Waals surface area (Å²) in [5.74, 6) is -0.0131. The van der Waals surface area contributed by atoms with Crippen LogP contribution in [0.2, 0.25) is 5.02 Å². The lowest BCUT2D eigenvalue weighted by molar-refractivity contribution is 0.443. The van der Waals surface area contributed by atoms with Crippen LogP contribution in [0.1, 0.15) is 30.9 Å². The molecule has 30 heavy (non-hydrogen) atoms. The van der Waals surface area contributed by atoms with E-state index in [4.69, 9.17) is 16.7 Å². The number of nitrogens with zero attached hydrogens (tertiary/aromatic N) is 4. The van der Waals surface area contributed by atoms with E-state index in [0.29, 0.717) is 29.8 Å². The maximum Gasteiger partial charge on any atom is 0.324 e. The van der Waals surface area contributed by atoms with Crippen LogP contribution in [0.15, 0.2) is 64.1 Å². The normalized spacial score (nSPS) is 17.5. The number of hydrazone groups is 1. The summed E-state index contributed by atoms with van der Waals surface area (Å²) in [7, 11) is -3.77. The van der Waals surface area contributed by atoms with Crippen LogP contribution < -0.4 is 0 Å². The van der Waals surface area contributed by atoms with Crippen molar-refractivity contribution in [3.8, 4) is 0 Å². The zero-order chi connectivity index (χ0) is 21.7. The van der Waals surface area contributed by atoms with Crippen molar-refractivity contribution in [1.82, 2.24) is 9.31 Å². The van der Waals surface area contributed by atoms with Gasteiger partial charge in [-0.05, 0) is 29.5 Å². The third kappa shape index (κ3) is 5.06. The number of hydrogen-bond acceptors (Lipinski definition) is 4. The smallest absolute Gasteiger partial charge is 0.240 e. The van der Waals surface area contributed by atoms with Gasteiger partial charge >= 0.3 is 10.2 Å². The molecule has 1 atom stereocenters. The van der Waals surface area contributed by atoms with Gasteiger partial charge in [-0.1, -0.05) is 79.7 Å². The minimum Gasteiger partial charge on any atom is -0.240 e. The van der Waals surface area contributed by atoms with Gasteiger partial charge in [0.2, 0.25) is 0 Å². The maximum absolute atomic E-state index is 12.7. The Hall–Kier alpha value is -1.87. The lowest BCUT2D eigenvalue weighted by atomic mass is 9.91. The summed E-state index contributed by atoms with van der Waals surface area (Å²) in [5.41, 5.74) is 2.92. The van der Waals surface area contributed by atoms with Crippen LogP contribution in [-0.4, -0.2) is 54.5 Å². The molecule has 0 aromatic heterocycles. The molecule has 160 valence electrons. The zero-order valence-electron chi connectivity index (χ0n) is 17.2. The fourth-order valence-electron chi connectivity index (χ4n) is 3.35. The molecule has 0 saturated heterocycles. The van der Waals surface area contributed by atoms with Gasteiger partial charge in [0.15, 0.2) is 5.17 Å². The lowest BCUT2D eigenvalue weighted by Crippen LogP contribution is -2.32. The molecule has 1 aliphatic rings. The number of hydrogen-bond donors (Lipinski definition) is 0. The van der Waals surface area contributed by atoms with Crippen LogP contribution in [-0.2, 0) is 10.2 Å². The molecule has 0 fully saturated rings. The summed E-state index contributed by atoms with van der Waals surface area (Å²) in [5, 5.41) is 7.48. The molecular weight excluding hydrogens is 440 g/mol. The van der Waals surface area contributed by atoms with Crippen molar-refractivity contribution in [3.63, 3.8) is 0 Å². The minimum atomic E-state index is -3.77. The van der Waals surface area contributed by atoms with Crippen molar-refractivity contribution in [2.45, 2.75) is 19.8 Å². The number of amidine groups is 1. The van der Waals surface area contributed by atoms with E-state index in [1.807, 2.05) is 48.7 Å². The Labute approximate surface area is 187 Å². The molecule has 0 radical (unpaired) electrons. The van der Waals surface area contributed by atoms with Gasteiger partial charge < -0.3 is 0 Å². The average molecular weight is 465 g/mol. The highest BCUT2D eigenvalue weighted by atomic mass is 35.5. The number of halogens is 1. The molecule has 3 rings (SSSR count). The first-order valence-electron chi connectivity index (χ1n) is 9.70. The van der Waals surface area contributed by atoms with Crippen LogP contribution >= 0.6 is 23.4 Å². The van der Waals surface area contributed by atoms with E-state index in [1.165, 1.54) is 16.1 Å². The largest absolute Gasteiger partial charge is 0.324 e. The molecule has 2 aromatic rings. The Bertz CT molecular complexity index is 1020. The summed E-state index contributed by atoms with van der Waals surface area (Å²) < 4.78 is 30.8. The Morgan fingerprint density at radius 2 is 1.80 bits per heavy atom. The van der Waals surface area contributed by atoms with Gasteiger partial charge in [0, 0.05) is 24.0 Å². The fourth-order valence-corrected chi connectivity index (χ4v) is 5.44. The van der Waals surface area contributed by atoms with Crippen LogP contribution in [0, 0.1) is 0 Å². The first kappa shape index (κ1) is 22.8. The van der Waals surface area contributed by atoms with Crippen LogP contribution in [0.5, 0.6) is 0 Å². The predicted octanol–water partition coefficient (Wildman–Crippen LogP) is 4.45. The van der Waals surface area contributed by atoms with E-state index < -0.39 is 10.2 Å². The van der Waals surface area contributed by atoms with E-state index in [2.05, 4.69) is 16.5 Å². The van der Waals surface area contributed by atoms with Crippen molar-refractivity contribution in [2.75, 3.05) is 25.9 Å². The highest BCUT2D eigenvalue weighted by Gasteiger charge is 2.32. The van der Waals surface area contributed by atoms with E-state index in [-0.39, 0.29) is 5.92 Å². The second kappa shape index (κ2) is 9.96. The van der Waals surface area contributed by atoms with Crippen molar-refractivity contribution >= 4 is 44.5 Å². The number of benzene rings is 2. The monoisotopic (exact) mass is 464 g/mol. The average Bonchev–Trinajstić information content (AvgIpc) is 3.19. The van der Waals surface area contributed by atoms with Crippen LogP contribution in [0.25, 0.3) is 0 Å². The predicted molar refractivity (Wildman–Crippen MR) is 127 cm³/mol. The van der Waals surface area contributed by atoms with Gasteiger partial charge in [-0.25, -0.2) is 5.01 Å². The fraction of sp³-hybridized carbons (Fsp3) is 0.333. The number of thioether (sulfide) groups is 1. The van der Waals surface area contributed by atoms with Gasteiger partial charge in [-0.3, -0.25) is 0 Å². The quantitative estimate of drug-likeness (QED) is 0.468. The van der Waals surface area contributed by atoms with Crippen LogP contribution in [0.4, 0.5) is 0 Å². The highest BCUT2D eigenvalue weighted by molar-refractivity contribution is 8.13. The molecule has 0 N–H and O–H groups in total. The highest BCUT2D eigenvalue weighted by Crippen LogP contribution is 2.31. The molecule has 1 unspecified atom stereocenters. The zero-order valence-corrected chi connectivity index (χ0v) is 19.6. The standard InChI is InChI=1S/C21H25ClN4O2S2/c1-4-25(5-2)30(27,28)24-21(29-3)26-15-19(16-9-7-6-8-10-16)20(23-26)17-11-13-18(22)14-12-17/h6-14,19H,4-5,15H2,1-3H3. The summed E-state index contributed by atoms with van der Waals surface area (Å²) in [6.45, 7) is 4.85. The Morgan fingerprint density at radius 3 is 2.37 bits per heavy atom. The third-order valence-corrected chi connectivity index (χ3v) is 7.49. The SMILES string of the molecule is CCN(CC)S(=O)(=O)N=C(SC)N1CC(c2ccccc2)C(c2ccc(Cl)cc2)=N1. The van der Waals surface area contributed by atoms with Gasteiger partial charge in [0.05, 0.1) is 12.3 Å². The third-order valence-electron chi connectivity index (χ3n) is 4.88. The first-order valence-corrected chi connectivity index (χ1v) is 12.7. The van der Waals surface area contributed by atoms with Crippen molar-refractivity contribution in [2.24, 2.45) is 9.50 Å². The lowest BCUT2D eigenvalue weighted by Gasteiger charge is -2.19. The Morgan fingerprint density at radius 1 is 1.17 bits per heavy atom. The molecular formula is C21H25ClN4O2S2. The summed E-state index contributed by atoms with van der Waals surface area (Å²) in [6.07, 6.45) is 1.81. The van der Waals surface area contributed by atoms with Crippen molar-refractivity contribution in [3.05, 3.63) is 70.7 Å². The minimum absolute atomic E-state index is 0.0131. The molecule has 9 heteroatoms. The van der Waals surface area contributed by atoms with Gasteiger partial charge in [0.25, 0.3) is 0 Å². The molecule has 0 amide bonds.